The van der Waals surface area contributed by atoms with Crippen LogP contribution in [0.3, 0.4) is 0 Å². The van der Waals surface area contributed by atoms with Gasteiger partial charge in [-0.15, -0.1) is 0 Å². The molecule has 1 aromatic carbocycles. The van der Waals surface area contributed by atoms with E-state index >= 15 is 0 Å². The highest BCUT2D eigenvalue weighted by Crippen LogP contribution is 2.28. The summed E-state index contributed by atoms with van der Waals surface area (Å²) in [7, 11) is 0.568. The summed E-state index contributed by atoms with van der Waals surface area (Å²) < 4.78 is 35.8. The standard InChI is InChI=1S/C18H24N2O6S/c1-20(2)27(23,24)14-9-10-16(25-3)15(11-14)19-17(21)12-26-18(22)13-7-5-4-6-8-13/h4-5,9-11,13H,6-8,12H2,1-3H3,(H,19,21)/t13-/m0/s1. The van der Waals surface area contributed by atoms with Gasteiger partial charge in [-0.1, -0.05) is 12.2 Å². The second-order valence-corrected chi connectivity index (χ2v) is 8.44. The maximum atomic E-state index is 12.3. The number of benzene rings is 1. The number of anilines is 1. The number of amides is 1. The molecule has 1 amide bonds. The predicted molar refractivity (Wildman–Crippen MR) is 99.9 cm³/mol. The van der Waals surface area contributed by atoms with Crippen molar-refractivity contribution in [3.63, 3.8) is 0 Å². The number of ether oxygens (including phenoxy) is 2. The van der Waals surface area contributed by atoms with Gasteiger partial charge in [-0.05, 0) is 37.5 Å². The number of sulfonamides is 1. The molecule has 1 aliphatic carbocycles. The van der Waals surface area contributed by atoms with Gasteiger partial charge in [-0.2, -0.15) is 0 Å². The number of hydrogen-bond donors (Lipinski definition) is 1. The smallest absolute Gasteiger partial charge is 0.309 e. The maximum absolute atomic E-state index is 12.3. The van der Waals surface area contributed by atoms with Crippen LogP contribution in [0.15, 0.2) is 35.2 Å². The summed E-state index contributed by atoms with van der Waals surface area (Å²) in [5.41, 5.74) is 0.182. The molecule has 0 saturated carbocycles. The van der Waals surface area contributed by atoms with Crippen molar-refractivity contribution in [2.45, 2.75) is 24.2 Å². The molecule has 148 valence electrons. The zero-order chi connectivity index (χ0) is 20.0. The Morgan fingerprint density at radius 2 is 2.00 bits per heavy atom. The molecule has 0 heterocycles. The van der Waals surface area contributed by atoms with Crippen molar-refractivity contribution in [2.24, 2.45) is 5.92 Å². The Balaban J connectivity index is 2.05. The summed E-state index contributed by atoms with van der Waals surface area (Å²) in [5.74, 6) is -0.923. The average molecular weight is 396 g/mol. The fourth-order valence-electron chi connectivity index (χ4n) is 2.60. The van der Waals surface area contributed by atoms with E-state index in [2.05, 4.69) is 5.32 Å². The number of hydrogen-bond acceptors (Lipinski definition) is 6. The third-order valence-corrected chi connectivity index (χ3v) is 5.98. The summed E-state index contributed by atoms with van der Waals surface area (Å²) in [6.45, 7) is -0.452. The van der Waals surface area contributed by atoms with E-state index in [9.17, 15) is 18.0 Å². The summed E-state index contributed by atoms with van der Waals surface area (Å²) in [6.07, 6.45) is 6.07. The molecule has 8 nitrogen and oxygen atoms in total. The first-order chi connectivity index (χ1) is 12.8. The normalized spacial score (nSPS) is 16.8. The van der Waals surface area contributed by atoms with Gasteiger partial charge in [-0.3, -0.25) is 9.59 Å². The fraction of sp³-hybridized carbons (Fsp3) is 0.444. The van der Waals surface area contributed by atoms with Crippen molar-refractivity contribution < 1.29 is 27.5 Å². The number of carbonyl (C=O) groups is 2. The fourth-order valence-corrected chi connectivity index (χ4v) is 3.53. The molecule has 0 aliphatic heterocycles. The molecule has 1 aromatic rings. The van der Waals surface area contributed by atoms with E-state index in [1.165, 1.54) is 39.4 Å². The number of nitrogens with zero attached hydrogens (tertiary/aromatic N) is 1. The number of esters is 1. The summed E-state index contributed by atoms with van der Waals surface area (Å²) in [5, 5.41) is 2.53. The third-order valence-electron chi connectivity index (χ3n) is 4.17. The van der Waals surface area contributed by atoms with E-state index in [0.29, 0.717) is 18.6 Å². The zero-order valence-electron chi connectivity index (χ0n) is 15.6. The van der Waals surface area contributed by atoms with Gasteiger partial charge in [0.15, 0.2) is 6.61 Å². The Morgan fingerprint density at radius 1 is 1.26 bits per heavy atom. The van der Waals surface area contributed by atoms with Gasteiger partial charge < -0.3 is 14.8 Å². The maximum Gasteiger partial charge on any atom is 0.309 e. The molecule has 1 N–H and O–H groups in total. The zero-order valence-corrected chi connectivity index (χ0v) is 16.4. The lowest BCUT2D eigenvalue weighted by Gasteiger charge is -2.17. The molecule has 9 heteroatoms. The van der Waals surface area contributed by atoms with Gasteiger partial charge in [0.05, 0.1) is 23.6 Å². The molecule has 1 aliphatic rings. The molecule has 0 aromatic heterocycles. The summed E-state index contributed by atoms with van der Waals surface area (Å²) >= 11 is 0. The molecule has 27 heavy (non-hydrogen) atoms. The minimum atomic E-state index is -3.67. The van der Waals surface area contributed by atoms with Gasteiger partial charge in [-0.25, -0.2) is 12.7 Å². The molecule has 0 unspecified atom stereocenters. The average Bonchev–Trinajstić information content (AvgIpc) is 2.66. The molecule has 0 fully saturated rings. The van der Waals surface area contributed by atoms with Gasteiger partial charge in [0.2, 0.25) is 10.0 Å². The van der Waals surface area contributed by atoms with Crippen molar-refractivity contribution in [3.8, 4) is 5.75 Å². The van der Waals surface area contributed by atoms with Crippen LogP contribution in [0.4, 0.5) is 5.69 Å². The van der Waals surface area contributed by atoms with Crippen LogP contribution >= 0.6 is 0 Å². The first-order valence-electron chi connectivity index (χ1n) is 8.47. The third kappa shape index (κ3) is 5.30. The van der Waals surface area contributed by atoms with Crippen LogP contribution in [0.2, 0.25) is 0 Å². The van der Waals surface area contributed by atoms with Gasteiger partial charge in [0.1, 0.15) is 5.75 Å². The highest BCUT2D eigenvalue weighted by atomic mass is 32.2. The number of allylic oxidation sites excluding steroid dienone is 2. The molecule has 1 atom stereocenters. The predicted octanol–water partition coefficient (Wildman–Crippen LogP) is 1.78. The molecule has 0 bridgehead atoms. The van der Waals surface area contributed by atoms with Crippen molar-refractivity contribution in [2.75, 3.05) is 33.1 Å². The molecule has 0 spiro atoms. The van der Waals surface area contributed by atoms with Crippen LogP contribution in [0, 0.1) is 5.92 Å². The quantitative estimate of drug-likeness (QED) is 0.557. The van der Waals surface area contributed by atoms with Crippen LogP contribution in [-0.2, 0) is 24.3 Å². The lowest BCUT2D eigenvalue weighted by molar-refractivity contribution is -0.151. The van der Waals surface area contributed by atoms with Crippen molar-refractivity contribution in [1.29, 1.82) is 0 Å². The molecule has 0 radical (unpaired) electrons. The Labute approximate surface area is 159 Å². The van der Waals surface area contributed by atoms with E-state index < -0.39 is 28.5 Å². The van der Waals surface area contributed by atoms with Crippen LogP contribution in [-0.4, -0.2) is 52.4 Å². The second kappa shape index (κ2) is 9.01. The molecule has 2 rings (SSSR count). The Kier molecular flexibility index (Phi) is 6.98. The largest absolute Gasteiger partial charge is 0.495 e. The second-order valence-electron chi connectivity index (χ2n) is 6.29. The minimum absolute atomic E-state index is 0.00888. The van der Waals surface area contributed by atoms with Crippen LogP contribution < -0.4 is 10.1 Å². The first kappa shape index (κ1) is 20.9. The van der Waals surface area contributed by atoms with Crippen LogP contribution in [0.1, 0.15) is 19.3 Å². The van der Waals surface area contributed by atoms with Crippen LogP contribution in [0.25, 0.3) is 0 Å². The molecular weight excluding hydrogens is 372 g/mol. The Hall–Kier alpha value is -2.39. The minimum Gasteiger partial charge on any atom is -0.495 e. The van der Waals surface area contributed by atoms with E-state index in [1.807, 2.05) is 12.2 Å². The first-order valence-corrected chi connectivity index (χ1v) is 9.91. The van der Waals surface area contributed by atoms with E-state index in [1.54, 1.807) is 0 Å². The highest BCUT2D eigenvalue weighted by molar-refractivity contribution is 7.89. The van der Waals surface area contributed by atoms with E-state index in [0.717, 1.165) is 10.7 Å². The topological polar surface area (TPSA) is 102 Å². The van der Waals surface area contributed by atoms with Crippen molar-refractivity contribution in [1.82, 2.24) is 4.31 Å². The van der Waals surface area contributed by atoms with Crippen LogP contribution in [0.5, 0.6) is 5.75 Å². The highest BCUT2D eigenvalue weighted by Gasteiger charge is 2.22. The Morgan fingerprint density at radius 3 is 2.59 bits per heavy atom. The number of nitrogens with one attached hydrogen (secondary N) is 1. The summed E-state index contributed by atoms with van der Waals surface area (Å²) in [6, 6.07) is 4.15. The molecule has 0 saturated heterocycles. The molecular formula is C18H24N2O6S. The lowest BCUT2D eigenvalue weighted by Crippen LogP contribution is -2.26. The van der Waals surface area contributed by atoms with E-state index in [4.69, 9.17) is 9.47 Å². The van der Waals surface area contributed by atoms with Gasteiger partial charge >= 0.3 is 5.97 Å². The SMILES string of the molecule is COc1ccc(S(=O)(=O)N(C)C)cc1NC(=O)COC(=O)[C@H]1CC=CCC1. The van der Waals surface area contributed by atoms with Gasteiger partial charge in [0, 0.05) is 14.1 Å². The lowest BCUT2D eigenvalue weighted by atomic mass is 9.95. The van der Waals surface area contributed by atoms with Crippen molar-refractivity contribution >= 4 is 27.6 Å². The van der Waals surface area contributed by atoms with Gasteiger partial charge in [0.25, 0.3) is 5.91 Å². The number of carbonyl (C=O) groups excluding carboxylic acids is 2. The van der Waals surface area contributed by atoms with E-state index in [-0.39, 0.29) is 16.5 Å². The monoisotopic (exact) mass is 396 g/mol. The summed E-state index contributed by atoms with van der Waals surface area (Å²) in [4.78, 5) is 24.1. The number of rotatable bonds is 7. The number of methoxy groups -OCH3 is 1. The van der Waals surface area contributed by atoms with Crippen molar-refractivity contribution in [3.05, 3.63) is 30.4 Å². The Bertz CT molecular complexity index is 832.